The van der Waals surface area contributed by atoms with Crippen molar-refractivity contribution in [3.05, 3.63) is 40.7 Å². The first-order valence-corrected chi connectivity index (χ1v) is 4.85. The molecule has 0 aromatic heterocycles. The highest BCUT2D eigenvalue weighted by molar-refractivity contribution is 6.32. The van der Waals surface area contributed by atoms with Crippen LogP contribution in [-0.4, -0.2) is 6.54 Å². The molecule has 0 heterocycles. The summed E-state index contributed by atoms with van der Waals surface area (Å²) >= 11 is 5.93. The van der Waals surface area contributed by atoms with Crippen LogP contribution in [0.15, 0.2) is 24.3 Å². The molecular weight excluding hydrogens is 201 g/mol. The molecule has 1 rings (SSSR count). The predicted molar refractivity (Wildman–Crippen MR) is 58.7 cm³/mol. The summed E-state index contributed by atoms with van der Waals surface area (Å²) in [5, 5.41) is 0.567. The molecule has 1 aromatic carbocycles. The minimum Gasteiger partial charge on any atom is -0.330 e. The Morgan fingerprint density at radius 1 is 1.57 bits per heavy atom. The second kappa shape index (κ2) is 5.13. The fourth-order valence-electron chi connectivity index (χ4n) is 1.21. The summed E-state index contributed by atoms with van der Waals surface area (Å²) in [5.74, 6) is -0.273. The molecule has 0 saturated heterocycles. The zero-order valence-electron chi connectivity index (χ0n) is 8.06. The van der Waals surface area contributed by atoms with Crippen LogP contribution in [-0.2, 0) is 0 Å². The van der Waals surface area contributed by atoms with E-state index in [-0.39, 0.29) is 5.82 Å². The lowest BCUT2D eigenvalue weighted by molar-refractivity contribution is 0.627. The Balaban J connectivity index is 2.99. The molecule has 1 nitrogen and oxygen atoms in total. The van der Waals surface area contributed by atoms with Gasteiger partial charge in [0.1, 0.15) is 5.82 Å². The van der Waals surface area contributed by atoms with Gasteiger partial charge in [0.25, 0.3) is 0 Å². The van der Waals surface area contributed by atoms with Gasteiger partial charge in [-0.3, -0.25) is 0 Å². The van der Waals surface area contributed by atoms with Crippen molar-refractivity contribution in [2.45, 2.75) is 13.3 Å². The summed E-state index contributed by atoms with van der Waals surface area (Å²) in [6.07, 6.45) is 2.74. The van der Waals surface area contributed by atoms with Gasteiger partial charge in [-0.2, -0.15) is 0 Å². The summed E-state index contributed by atoms with van der Waals surface area (Å²) in [4.78, 5) is 0. The van der Waals surface area contributed by atoms with Crippen molar-refractivity contribution in [3.8, 4) is 0 Å². The van der Waals surface area contributed by atoms with Crippen LogP contribution < -0.4 is 5.73 Å². The Hall–Kier alpha value is -0.860. The third-order valence-electron chi connectivity index (χ3n) is 1.97. The maximum absolute atomic E-state index is 12.9. The Morgan fingerprint density at radius 3 is 2.93 bits per heavy atom. The van der Waals surface area contributed by atoms with E-state index in [0.717, 1.165) is 17.6 Å². The van der Waals surface area contributed by atoms with E-state index in [0.29, 0.717) is 11.6 Å². The Labute approximate surface area is 88.4 Å². The Morgan fingerprint density at radius 2 is 2.29 bits per heavy atom. The van der Waals surface area contributed by atoms with Crippen LogP contribution in [0.1, 0.15) is 18.9 Å². The summed E-state index contributed by atoms with van der Waals surface area (Å²) in [5.41, 5.74) is 7.07. The van der Waals surface area contributed by atoms with Gasteiger partial charge in [-0.15, -0.1) is 0 Å². The molecule has 0 radical (unpaired) electrons. The SMILES string of the molecule is C/C(=C/CCN)c1cc(F)ccc1Cl. The first kappa shape index (κ1) is 11.2. The van der Waals surface area contributed by atoms with Gasteiger partial charge in [0.2, 0.25) is 0 Å². The fraction of sp³-hybridized carbons (Fsp3) is 0.273. The third kappa shape index (κ3) is 2.82. The molecule has 3 heteroatoms. The second-order valence-corrected chi connectivity index (χ2v) is 3.50. The standard InChI is InChI=1S/C11H13ClFN/c1-8(3-2-6-14)10-7-9(13)4-5-11(10)12/h3-5,7H,2,6,14H2,1H3/b8-3-. The van der Waals surface area contributed by atoms with Gasteiger partial charge in [0.15, 0.2) is 0 Å². The van der Waals surface area contributed by atoms with E-state index in [1.807, 2.05) is 13.0 Å². The molecule has 0 aliphatic heterocycles. The van der Waals surface area contributed by atoms with Gasteiger partial charge in [-0.05, 0) is 49.2 Å². The van der Waals surface area contributed by atoms with E-state index in [1.165, 1.54) is 12.1 Å². The molecule has 0 aliphatic rings. The molecule has 0 bridgehead atoms. The summed E-state index contributed by atoms with van der Waals surface area (Å²) in [6.45, 7) is 2.49. The topological polar surface area (TPSA) is 26.0 Å². The molecule has 0 amide bonds. The lowest BCUT2D eigenvalue weighted by Gasteiger charge is -2.04. The van der Waals surface area contributed by atoms with Gasteiger partial charge < -0.3 is 5.73 Å². The highest BCUT2D eigenvalue weighted by Gasteiger charge is 2.03. The molecule has 0 spiro atoms. The van der Waals surface area contributed by atoms with Crippen molar-refractivity contribution < 1.29 is 4.39 Å². The molecule has 76 valence electrons. The molecule has 0 saturated carbocycles. The molecule has 0 unspecified atom stereocenters. The van der Waals surface area contributed by atoms with E-state index >= 15 is 0 Å². The van der Waals surface area contributed by atoms with Gasteiger partial charge >= 0.3 is 0 Å². The molecule has 1 aromatic rings. The van der Waals surface area contributed by atoms with Crippen LogP contribution in [0.3, 0.4) is 0 Å². The minimum absolute atomic E-state index is 0.273. The molecule has 0 atom stereocenters. The number of nitrogens with two attached hydrogens (primary N) is 1. The Bertz CT molecular complexity index is 347. The lowest BCUT2D eigenvalue weighted by atomic mass is 10.1. The molecule has 14 heavy (non-hydrogen) atoms. The maximum atomic E-state index is 12.9. The van der Waals surface area contributed by atoms with Crippen molar-refractivity contribution in [2.24, 2.45) is 5.73 Å². The lowest BCUT2D eigenvalue weighted by Crippen LogP contribution is -1.96. The number of benzene rings is 1. The van der Waals surface area contributed by atoms with Gasteiger partial charge in [-0.25, -0.2) is 4.39 Å². The zero-order chi connectivity index (χ0) is 10.6. The highest BCUT2D eigenvalue weighted by atomic mass is 35.5. The van der Waals surface area contributed by atoms with E-state index in [2.05, 4.69) is 0 Å². The van der Waals surface area contributed by atoms with Crippen molar-refractivity contribution in [2.75, 3.05) is 6.54 Å². The molecule has 0 fully saturated rings. The van der Waals surface area contributed by atoms with Crippen molar-refractivity contribution in [3.63, 3.8) is 0 Å². The minimum atomic E-state index is -0.273. The van der Waals surface area contributed by atoms with E-state index in [4.69, 9.17) is 17.3 Å². The third-order valence-corrected chi connectivity index (χ3v) is 2.30. The van der Waals surface area contributed by atoms with Crippen LogP contribution in [0, 0.1) is 5.82 Å². The number of hydrogen-bond acceptors (Lipinski definition) is 1. The van der Waals surface area contributed by atoms with Gasteiger partial charge in [0.05, 0.1) is 0 Å². The first-order chi connectivity index (χ1) is 6.65. The van der Waals surface area contributed by atoms with Crippen LogP contribution in [0.2, 0.25) is 5.02 Å². The summed E-state index contributed by atoms with van der Waals surface area (Å²) in [6, 6.07) is 4.35. The summed E-state index contributed by atoms with van der Waals surface area (Å²) < 4.78 is 12.9. The normalized spacial score (nSPS) is 11.9. The van der Waals surface area contributed by atoms with Crippen molar-refractivity contribution >= 4 is 17.2 Å². The largest absolute Gasteiger partial charge is 0.330 e. The molecular formula is C11H13ClFN. The fourth-order valence-corrected chi connectivity index (χ4v) is 1.48. The zero-order valence-corrected chi connectivity index (χ0v) is 8.81. The quantitative estimate of drug-likeness (QED) is 0.820. The number of allylic oxidation sites excluding steroid dienone is 1. The average molecular weight is 214 g/mol. The van der Waals surface area contributed by atoms with Crippen LogP contribution >= 0.6 is 11.6 Å². The number of rotatable bonds is 3. The summed E-state index contributed by atoms with van der Waals surface area (Å²) in [7, 11) is 0. The highest BCUT2D eigenvalue weighted by Crippen LogP contribution is 2.24. The van der Waals surface area contributed by atoms with E-state index in [1.54, 1.807) is 6.07 Å². The smallest absolute Gasteiger partial charge is 0.123 e. The van der Waals surface area contributed by atoms with Gasteiger partial charge in [-0.1, -0.05) is 17.7 Å². The first-order valence-electron chi connectivity index (χ1n) is 4.47. The van der Waals surface area contributed by atoms with Gasteiger partial charge in [0, 0.05) is 5.02 Å². The molecule has 0 aliphatic carbocycles. The van der Waals surface area contributed by atoms with E-state index < -0.39 is 0 Å². The Kier molecular flexibility index (Phi) is 4.11. The monoisotopic (exact) mass is 213 g/mol. The maximum Gasteiger partial charge on any atom is 0.123 e. The predicted octanol–water partition coefficient (Wildman–Crippen LogP) is 3.23. The van der Waals surface area contributed by atoms with Crippen molar-refractivity contribution in [1.82, 2.24) is 0 Å². The average Bonchev–Trinajstić information content (AvgIpc) is 2.18. The van der Waals surface area contributed by atoms with E-state index in [9.17, 15) is 4.39 Å². The molecule has 2 N–H and O–H groups in total. The van der Waals surface area contributed by atoms with Crippen LogP contribution in [0.4, 0.5) is 4.39 Å². The number of hydrogen-bond donors (Lipinski definition) is 1. The second-order valence-electron chi connectivity index (χ2n) is 3.09. The number of halogens is 2. The van der Waals surface area contributed by atoms with Crippen molar-refractivity contribution in [1.29, 1.82) is 0 Å². The van der Waals surface area contributed by atoms with Crippen LogP contribution in [0.5, 0.6) is 0 Å². The van der Waals surface area contributed by atoms with Crippen LogP contribution in [0.25, 0.3) is 5.57 Å².